The number of hydrogen-bond donors (Lipinski definition) is 0. The fourth-order valence-corrected chi connectivity index (χ4v) is 5.64. The Hall–Kier alpha value is -2.42. The van der Waals surface area contributed by atoms with Crippen LogP contribution in [-0.4, -0.2) is 26.7 Å². The molecular weight excluding hydrogens is 408 g/mol. The topological polar surface area (TPSA) is 52.3 Å². The van der Waals surface area contributed by atoms with Gasteiger partial charge >= 0.3 is 0 Å². The van der Waals surface area contributed by atoms with Gasteiger partial charge in [-0.2, -0.15) is 11.3 Å². The lowest BCUT2D eigenvalue weighted by atomic mass is 10.1. The number of thiophene rings is 1. The van der Waals surface area contributed by atoms with E-state index >= 15 is 0 Å². The molecule has 4 aromatic heterocycles. The van der Waals surface area contributed by atoms with Gasteiger partial charge in [0, 0.05) is 33.5 Å². The molecule has 0 aliphatic rings. The summed E-state index contributed by atoms with van der Waals surface area (Å²) in [7, 11) is 1.68. The van der Waals surface area contributed by atoms with Gasteiger partial charge in [-0.3, -0.25) is 4.40 Å². The van der Waals surface area contributed by atoms with Crippen molar-refractivity contribution in [2.24, 2.45) is 0 Å². The Morgan fingerprint density at radius 3 is 2.89 bits per heavy atom. The molecular formula is C20H16N4OS3. The first-order valence-corrected chi connectivity index (χ1v) is 11.5. The van der Waals surface area contributed by atoms with E-state index in [1.807, 2.05) is 12.1 Å². The molecule has 0 unspecified atom stereocenters. The van der Waals surface area contributed by atoms with Crippen LogP contribution in [0, 0.1) is 6.92 Å². The van der Waals surface area contributed by atoms with Gasteiger partial charge in [0.05, 0.1) is 18.3 Å². The number of rotatable bonds is 5. The minimum atomic E-state index is 0.751. The Balaban J connectivity index is 1.50. The van der Waals surface area contributed by atoms with Gasteiger partial charge < -0.3 is 4.74 Å². The summed E-state index contributed by atoms with van der Waals surface area (Å²) in [6.07, 6.45) is 0. The number of thioether (sulfide) groups is 1. The van der Waals surface area contributed by atoms with Gasteiger partial charge in [0.25, 0.3) is 0 Å². The third kappa shape index (κ3) is 3.07. The van der Waals surface area contributed by atoms with Crippen molar-refractivity contribution in [3.8, 4) is 16.3 Å². The molecule has 0 saturated heterocycles. The first kappa shape index (κ1) is 17.7. The minimum absolute atomic E-state index is 0.751. The average Bonchev–Trinajstić information content (AvgIpc) is 3.46. The van der Waals surface area contributed by atoms with E-state index in [0.717, 1.165) is 38.5 Å². The highest BCUT2D eigenvalue weighted by Gasteiger charge is 2.14. The molecule has 5 rings (SSSR count). The van der Waals surface area contributed by atoms with Crippen molar-refractivity contribution in [1.29, 1.82) is 0 Å². The molecule has 28 heavy (non-hydrogen) atoms. The lowest BCUT2D eigenvalue weighted by Gasteiger charge is -2.09. The Morgan fingerprint density at radius 2 is 2.07 bits per heavy atom. The average molecular weight is 425 g/mol. The van der Waals surface area contributed by atoms with Crippen LogP contribution in [0.3, 0.4) is 0 Å². The standard InChI is InChI=1S/C20H16N4OS3/c1-12-7-18-22-23-20(24(18)17-8-15(25-2)3-4-16(12)17)28-11-14-10-27-19(21-14)13-5-6-26-9-13/h3-10H,11H2,1-2H3. The minimum Gasteiger partial charge on any atom is -0.497 e. The van der Waals surface area contributed by atoms with Crippen LogP contribution in [0.4, 0.5) is 0 Å². The molecule has 0 atom stereocenters. The second-order valence-corrected chi connectivity index (χ2v) is 8.91. The van der Waals surface area contributed by atoms with E-state index in [4.69, 9.17) is 9.72 Å². The number of methoxy groups -OCH3 is 1. The van der Waals surface area contributed by atoms with Gasteiger partial charge in [-0.15, -0.1) is 21.5 Å². The molecule has 5 nitrogen and oxygen atoms in total. The lowest BCUT2D eigenvalue weighted by molar-refractivity contribution is 0.415. The van der Waals surface area contributed by atoms with Crippen LogP contribution in [-0.2, 0) is 5.75 Å². The van der Waals surface area contributed by atoms with Gasteiger partial charge in [-0.05, 0) is 42.1 Å². The fourth-order valence-electron chi connectivity index (χ4n) is 3.15. The third-order valence-corrected chi connectivity index (χ3v) is 7.13. The van der Waals surface area contributed by atoms with Gasteiger partial charge in [-0.25, -0.2) is 4.98 Å². The summed E-state index contributed by atoms with van der Waals surface area (Å²) >= 11 is 5.02. The Kier molecular flexibility index (Phi) is 4.54. The monoisotopic (exact) mass is 424 g/mol. The lowest BCUT2D eigenvalue weighted by Crippen LogP contribution is -1.95. The molecule has 0 aliphatic heterocycles. The SMILES string of the molecule is COc1ccc2c(C)cc3nnc(SCc4csc(-c5ccsc5)n4)n3c2c1. The van der Waals surface area contributed by atoms with Crippen molar-refractivity contribution in [2.75, 3.05) is 7.11 Å². The van der Waals surface area contributed by atoms with Gasteiger partial charge in [0.1, 0.15) is 10.8 Å². The van der Waals surface area contributed by atoms with Crippen molar-refractivity contribution in [2.45, 2.75) is 17.8 Å². The maximum Gasteiger partial charge on any atom is 0.196 e. The van der Waals surface area contributed by atoms with Crippen LogP contribution >= 0.6 is 34.4 Å². The van der Waals surface area contributed by atoms with Gasteiger partial charge in [0.2, 0.25) is 0 Å². The number of fused-ring (bicyclic) bond motifs is 3. The molecule has 4 heterocycles. The molecule has 0 radical (unpaired) electrons. The largest absolute Gasteiger partial charge is 0.497 e. The summed E-state index contributed by atoms with van der Waals surface area (Å²) in [5, 5.41) is 18.2. The predicted molar refractivity (Wildman–Crippen MR) is 117 cm³/mol. The zero-order valence-electron chi connectivity index (χ0n) is 15.2. The molecule has 0 spiro atoms. The number of nitrogens with zero attached hydrogens (tertiary/aromatic N) is 4. The summed E-state index contributed by atoms with van der Waals surface area (Å²) in [6.45, 7) is 2.09. The number of hydrogen-bond acceptors (Lipinski definition) is 7. The molecule has 0 fully saturated rings. The normalized spacial score (nSPS) is 11.5. The predicted octanol–water partition coefficient (Wildman–Crippen LogP) is 5.68. The van der Waals surface area contributed by atoms with E-state index < -0.39 is 0 Å². The van der Waals surface area contributed by atoms with Crippen LogP contribution in [0.2, 0.25) is 0 Å². The molecule has 8 heteroatoms. The molecule has 1 aromatic carbocycles. The van der Waals surface area contributed by atoms with Gasteiger partial charge in [-0.1, -0.05) is 11.8 Å². The molecule has 0 aliphatic carbocycles. The van der Waals surface area contributed by atoms with Crippen LogP contribution in [0.5, 0.6) is 5.75 Å². The second kappa shape index (κ2) is 7.20. The zero-order valence-corrected chi connectivity index (χ0v) is 17.7. The van der Waals surface area contributed by atoms with Crippen LogP contribution < -0.4 is 4.74 Å². The molecule has 5 aromatic rings. The summed E-state index contributed by atoms with van der Waals surface area (Å²) in [6, 6.07) is 10.3. The second-order valence-electron chi connectivity index (χ2n) is 6.33. The van der Waals surface area contributed by atoms with E-state index in [9.17, 15) is 0 Å². The fraction of sp³-hybridized carbons (Fsp3) is 0.150. The van der Waals surface area contributed by atoms with E-state index in [1.54, 1.807) is 41.5 Å². The number of ether oxygens (including phenoxy) is 1. The number of benzene rings is 1. The van der Waals surface area contributed by atoms with Crippen molar-refractivity contribution in [3.63, 3.8) is 0 Å². The smallest absolute Gasteiger partial charge is 0.196 e. The highest BCUT2D eigenvalue weighted by atomic mass is 32.2. The number of thiazole rings is 1. The maximum atomic E-state index is 5.43. The van der Waals surface area contributed by atoms with E-state index in [-0.39, 0.29) is 0 Å². The molecule has 0 bridgehead atoms. The van der Waals surface area contributed by atoms with E-state index in [0.29, 0.717) is 0 Å². The van der Waals surface area contributed by atoms with Crippen LogP contribution in [0.25, 0.3) is 27.1 Å². The Bertz CT molecular complexity index is 1270. The maximum absolute atomic E-state index is 5.43. The molecule has 0 amide bonds. The summed E-state index contributed by atoms with van der Waals surface area (Å²) in [5.74, 6) is 1.57. The van der Waals surface area contributed by atoms with Crippen molar-refractivity contribution < 1.29 is 4.74 Å². The highest BCUT2D eigenvalue weighted by molar-refractivity contribution is 7.98. The Labute approximate surface area is 174 Å². The van der Waals surface area contributed by atoms with Crippen LogP contribution in [0.1, 0.15) is 11.3 Å². The van der Waals surface area contributed by atoms with Crippen molar-refractivity contribution in [1.82, 2.24) is 19.6 Å². The highest BCUT2D eigenvalue weighted by Crippen LogP contribution is 2.31. The zero-order chi connectivity index (χ0) is 19.1. The van der Waals surface area contributed by atoms with Gasteiger partial charge in [0.15, 0.2) is 10.8 Å². The van der Waals surface area contributed by atoms with E-state index in [2.05, 4.69) is 55.9 Å². The molecule has 0 saturated carbocycles. The number of aryl methyl sites for hydroxylation is 1. The summed E-state index contributed by atoms with van der Waals surface area (Å²) in [5.41, 5.74) is 5.32. The van der Waals surface area contributed by atoms with E-state index in [1.165, 1.54) is 16.5 Å². The molecule has 0 N–H and O–H groups in total. The van der Waals surface area contributed by atoms with Crippen molar-refractivity contribution >= 4 is 51.0 Å². The van der Waals surface area contributed by atoms with Crippen LogP contribution in [0.15, 0.2) is 51.6 Å². The number of pyridine rings is 1. The first-order chi connectivity index (χ1) is 13.7. The summed E-state index contributed by atoms with van der Waals surface area (Å²) < 4.78 is 7.53. The first-order valence-electron chi connectivity index (χ1n) is 8.65. The number of aromatic nitrogens is 4. The quantitative estimate of drug-likeness (QED) is 0.340. The summed E-state index contributed by atoms with van der Waals surface area (Å²) in [4.78, 5) is 4.76. The Morgan fingerprint density at radius 1 is 1.14 bits per heavy atom. The molecule has 140 valence electrons. The third-order valence-electron chi connectivity index (χ3n) is 4.54. The van der Waals surface area contributed by atoms with Crippen molar-refractivity contribution in [3.05, 3.63) is 57.7 Å².